The van der Waals surface area contributed by atoms with Crippen molar-refractivity contribution in [2.75, 3.05) is 72.5 Å². The number of ether oxygens (including phenoxy) is 1. The number of likely N-dealkylation sites (N-methyl/N-ethyl adjacent to an activating group) is 1. The molecule has 6 atom stereocenters. The minimum atomic E-state index is -0.843. The van der Waals surface area contributed by atoms with Crippen molar-refractivity contribution in [1.29, 1.82) is 0 Å². The van der Waals surface area contributed by atoms with Crippen molar-refractivity contribution >= 4 is 147 Å². The molecule has 0 radical (unpaired) electrons. The molecule has 3 N–H and O–H groups in total. The summed E-state index contributed by atoms with van der Waals surface area (Å²) in [6.07, 6.45) is 10.6. The fourth-order valence-electron chi connectivity index (χ4n) is 23.2. The summed E-state index contributed by atoms with van der Waals surface area (Å²) in [5, 5.41) is 1.57. The molecule has 15 heterocycles. The van der Waals surface area contributed by atoms with Crippen LogP contribution < -0.4 is 58.1 Å². The molecule has 30 nitrogen and oxygen atoms in total. The second-order valence-corrected chi connectivity index (χ2v) is 41.6. The summed E-state index contributed by atoms with van der Waals surface area (Å²) in [5.74, 6) is -3.34. The number of halogens is 6. The van der Waals surface area contributed by atoms with Gasteiger partial charge in [-0.2, -0.15) is 0 Å². The van der Waals surface area contributed by atoms with Gasteiger partial charge in [0.2, 0.25) is 23.5 Å². The van der Waals surface area contributed by atoms with Crippen LogP contribution in [0.25, 0.3) is 116 Å². The van der Waals surface area contributed by atoms with E-state index in [1.165, 1.54) is 57.6 Å². The van der Waals surface area contributed by atoms with Crippen LogP contribution in [0.3, 0.4) is 0 Å². The van der Waals surface area contributed by atoms with Crippen molar-refractivity contribution < 1.29 is 37.1 Å². The number of H-pyrrole nitrogens is 3. The van der Waals surface area contributed by atoms with Crippen molar-refractivity contribution in [3.8, 4) is 56.2 Å². The van der Waals surface area contributed by atoms with Crippen LogP contribution in [0.1, 0.15) is 149 Å². The zero-order chi connectivity index (χ0) is 105. The van der Waals surface area contributed by atoms with Crippen molar-refractivity contribution in [2.24, 2.45) is 21.1 Å². The number of nitrogens with zero attached hydrogens (tertiary/aromatic N) is 16. The smallest absolute Gasteiger partial charge is 0.326 e. The quantitative estimate of drug-likeness (QED) is 0.0957. The molecule has 6 aliphatic rings. The van der Waals surface area contributed by atoms with Crippen molar-refractivity contribution in [3.05, 3.63) is 280 Å². The number of piperazine rings is 3. The van der Waals surface area contributed by atoms with Gasteiger partial charge in [-0.25, -0.2) is 27.6 Å². The average molecular weight is 2050 g/mol. The molecule has 15 aromatic rings. The van der Waals surface area contributed by atoms with Gasteiger partial charge >= 0.3 is 17.1 Å². The van der Waals surface area contributed by atoms with E-state index in [9.17, 15) is 43.2 Å². The first-order chi connectivity index (χ1) is 69.9. The molecule has 0 spiro atoms. The number of anilines is 4. The van der Waals surface area contributed by atoms with Crippen LogP contribution in [0.5, 0.6) is 5.75 Å². The molecule has 3 saturated heterocycles. The number of fused-ring (bicyclic) bond motifs is 18. The molecular formula is C111H113Cl3F3N19O11. The first-order valence-corrected chi connectivity index (χ1v) is 50.3. The molecule has 21 rings (SSSR count). The van der Waals surface area contributed by atoms with Gasteiger partial charge in [0, 0.05) is 165 Å². The number of aromatic nitrogens is 12. The number of pyridine rings is 6. The van der Waals surface area contributed by atoms with Gasteiger partial charge in [-0.05, 0) is 199 Å². The summed E-state index contributed by atoms with van der Waals surface area (Å²) < 4.78 is 68.7. The van der Waals surface area contributed by atoms with Gasteiger partial charge in [0.15, 0.2) is 17.5 Å². The first-order valence-electron chi connectivity index (χ1n) is 49.1. The highest BCUT2D eigenvalue weighted by atomic mass is 35.5. The normalized spacial score (nSPS) is 17.6. The minimum absolute atomic E-state index is 0.0274. The number of hydrogen-bond acceptors (Lipinski definition) is 17. The van der Waals surface area contributed by atoms with Crippen LogP contribution in [0.4, 0.5) is 35.9 Å². The number of carbonyl (C=O) groups is 4. The fraction of sp³-hybridized carbons (Fsp3) is 0.342. The van der Waals surface area contributed by atoms with Gasteiger partial charge in [-0.15, -0.1) is 0 Å². The second-order valence-electron chi connectivity index (χ2n) is 40.4. The molecule has 760 valence electrons. The standard InChI is InChI=1S/C37H37ClFN7O4.C37H38ClFN6O4.C37H38ClFN6O3/c1-9-25(47)44-16-24-35(48)42(7)34-32(45(24)15-20(44)6)21-14-22(38)27(26-18(4)10-11-23-33(26)43(8)37(50)41-23)28(39)31(21)46(36(34)49)30-19(5)12-13-40-29(30)17(2)3;1-8-26(46)43-17-22-12-14-49-35-33(44(22)16-21(43)6)23-15-24(38)28(27-19(4)9-10-25-34(27)42(7)37(48)41-25)29(39)32(23)45(36(35)47)31-20(5)11-13-40-30(31)18(2)3;1-8-27(46)43-17-22-10-11-23-33(44(22)16-21(43)6)24-15-25(38)29(28-19(4)9-12-26-35(28)42(7)37(48)41-26)30(39)34(24)45(36(23)47)32-20(5)13-14-40-31(32)18(2)3/h9-14,17,20,24H,1,15-16H2,2-8H3,(H,41,50);8-11,13,15,18,21-22H,1,12,14,16-17H2,2-7H3,(H,41,48);8-9,12-15,18,21-22H,1,10-11,16-17H2,2-7H3,(H,41,48). The summed E-state index contributed by atoms with van der Waals surface area (Å²) in [4.78, 5) is 171. The van der Waals surface area contributed by atoms with E-state index in [2.05, 4.69) is 59.4 Å². The Hall–Kier alpha value is -14.8. The number of benzene rings is 6. The van der Waals surface area contributed by atoms with Gasteiger partial charge in [-0.1, -0.05) is 114 Å². The number of imidazole rings is 3. The lowest BCUT2D eigenvalue weighted by molar-refractivity contribution is -0.131. The largest absolute Gasteiger partial charge is 0.486 e. The molecule has 0 saturated carbocycles. The minimum Gasteiger partial charge on any atom is -0.486 e. The van der Waals surface area contributed by atoms with Crippen LogP contribution in [-0.4, -0.2) is 185 Å². The Kier molecular flexibility index (Phi) is 26.0. The molecule has 4 amide bonds. The van der Waals surface area contributed by atoms with Gasteiger partial charge in [-0.3, -0.25) is 75.9 Å². The monoisotopic (exact) mass is 2050 g/mol. The van der Waals surface area contributed by atoms with Crippen molar-refractivity contribution in [3.63, 3.8) is 0 Å². The van der Waals surface area contributed by atoms with E-state index < -0.39 is 34.6 Å². The van der Waals surface area contributed by atoms with E-state index in [1.54, 1.807) is 109 Å². The Morgan fingerprint density at radius 1 is 0.408 bits per heavy atom. The third-order valence-electron chi connectivity index (χ3n) is 30.4. The Morgan fingerprint density at radius 2 is 0.748 bits per heavy atom. The van der Waals surface area contributed by atoms with Crippen LogP contribution >= 0.6 is 34.8 Å². The lowest BCUT2D eigenvalue weighted by Gasteiger charge is -2.50. The predicted molar refractivity (Wildman–Crippen MR) is 575 cm³/mol. The molecular weight excluding hydrogens is 1940 g/mol. The van der Waals surface area contributed by atoms with E-state index in [0.717, 1.165) is 16.7 Å². The number of hydrogen-bond donors (Lipinski definition) is 3. The van der Waals surface area contributed by atoms with Crippen LogP contribution in [-0.2, 0) is 46.7 Å². The SMILES string of the molecule is C=CC(=O)N1CC2C(=O)N(C)c3c(c4cc(Cl)c(-c5c(C)ccc6[nH]c(=O)n(C)c56)c(F)c4n(-c4c(C)ccnc4C(C)C)c3=O)N2CC1C.C=CC(=O)N1CC2CCOc3c(c4cc(Cl)c(-c5c(C)ccc6[nH]c(=O)n(C)c56)c(F)c4n(-c4c(C)ccnc4C(C)C)c3=O)N2CC1C.C=CC(=O)N1CC2CCc3c(c4cc(Cl)c(-c5c(C)ccc6[nH]c(=O)n(C)c56)c(F)c4n(-c4c(C)ccnc4C(C)C)c3=O)N2CC1C. The molecule has 3 fully saturated rings. The summed E-state index contributed by atoms with van der Waals surface area (Å²) in [6, 6.07) is 19.4. The molecule has 0 bridgehead atoms. The number of rotatable bonds is 12. The zero-order valence-corrected chi connectivity index (χ0v) is 87.5. The van der Waals surface area contributed by atoms with E-state index in [0.29, 0.717) is 185 Å². The second kappa shape index (κ2) is 37.9. The van der Waals surface area contributed by atoms with E-state index in [4.69, 9.17) is 39.5 Å². The topological polar surface area (TPSA) is 318 Å². The molecule has 6 unspecified atom stereocenters. The van der Waals surface area contributed by atoms with Crippen LogP contribution in [0, 0.1) is 59.0 Å². The van der Waals surface area contributed by atoms with Gasteiger partial charge < -0.3 is 54.0 Å². The van der Waals surface area contributed by atoms with E-state index >= 15 is 18.0 Å². The van der Waals surface area contributed by atoms with Gasteiger partial charge in [0.25, 0.3) is 22.6 Å². The first kappa shape index (κ1) is 101. The maximum absolute atomic E-state index is 18.0. The zero-order valence-electron chi connectivity index (χ0n) is 85.2. The Morgan fingerprint density at radius 3 is 1.13 bits per heavy atom. The number of nitrogens with one attached hydrogen (secondary N) is 3. The third-order valence-corrected chi connectivity index (χ3v) is 31.3. The number of aryl methyl sites for hydroxylation is 9. The Balaban J connectivity index is 0.000000139. The maximum atomic E-state index is 18.0. The van der Waals surface area contributed by atoms with Gasteiger partial charge in [0.1, 0.15) is 11.7 Å². The molecule has 36 heteroatoms. The highest BCUT2D eigenvalue weighted by Gasteiger charge is 2.49. The maximum Gasteiger partial charge on any atom is 0.326 e. The fourth-order valence-corrected chi connectivity index (χ4v) is 24.0. The van der Waals surface area contributed by atoms with Crippen molar-refractivity contribution in [1.82, 2.24) is 72.0 Å². The molecule has 9 aromatic heterocycles. The molecule has 6 aliphatic heterocycles. The number of aromatic amines is 3. The average Bonchev–Trinajstić information content (AvgIpc) is 1.34. The lowest BCUT2D eigenvalue weighted by atomic mass is 9.89. The number of carbonyl (C=O) groups excluding carboxylic acids is 4. The molecule has 0 aliphatic carbocycles. The number of amides is 4. The third kappa shape index (κ3) is 15.9. The highest BCUT2D eigenvalue weighted by molar-refractivity contribution is 6.37. The molecule has 147 heavy (non-hydrogen) atoms. The highest BCUT2D eigenvalue weighted by Crippen LogP contribution is 2.53. The summed E-state index contributed by atoms with van der Waals surface area (Å²) in [6.45, 7) is 41.9. The van der Waals surface area contributed by atoms with Gasteiger partial charge in [0.05, 0.1) is 135 Å². The summed E-state index contributed by atoms with van der Waals surface area (Å²) >= 11 is 21.4. The lowest BCUT2D eigenvalue weighted by Crippen LogP contribution is -2.66. The predicted octanol–water partition coefficient (Wildman–Crippen LogP) is 17.8. The van der Waals surface area contributed by atoms with Crippen LogP contribution in [0.15, 0.2) is 158 Å². The van der Waals surface area contributed by atoms with E-state index in [1.807, 2.05) is 127 Å². The van der Waals surface area contributed by atoms with E-state index in [-0.39, 0.29) is 174 Å². The van der Waals surface area contributed by atoms with Crippen LogP contribution in [0.2, 0.25) is 15.1 Å². The van der Waals surface area contributed by atoms with Crippen molar-refractivity contribution in [2.45, 2.75) is 177 Å². The Labute approximate surface area is 858 Å². The summed E-state index contributed by atoms with van der Waals surface area (Å²) in [7, 11) is 6.38. The Bertz CT molecular complexity index is 8670. The molecule has 6 aromatic carbocycles. The summed E-state index contributed by atoms with van der Waals surface area (Å²) in [5.41, 5.74) is 12.0.